The van der Waals surface area contributed by atoms with Crippen molar-refractivity contribution in [3.63, 3.8) is 0 Å². The quantitative estimate of drug-likeness (QED) is 0.202. The number of ketones is 1. The maximum atomic E-state index is 12.3. The van der Waals surface area contributed by atoms with Crippen LogP contribution in [0.3, 0.4) is 0 Å². The second-order valence-corrected chi connectivity index (χ2v) is 6.84. The summed E-state index contributed by atoms with van der Waals surface area (Å²) in [5, 5.41) is 21.2. The highest BCUT2D eigenvalue weighted by atomic mass is 32.2. The second kappa shape index (κ2) is 7.61. The maximum absolute atomic E-state index is 12.3. The van der Waals surface area contributed by atoms with Crippen LogP contribution in [0.2, 0.25) is 0 Å². The smallest absolute Gasteiger partial charge is 0.277 e. The number of carbonyl (C=O) groups is 1. The summed E-state index contributed by atoms with van der Waals surface area (Å²) in [6, 6.07) is 19.2. The summed E-state index contributed by atoms with van der Waals surface area (Å²) < 4.78 is 5.71. The molecule has 0 N–H and O–H groups in total. The molecule has 4 aromatic rings. The van der Waals surface area contributed by atoms with Crippen LogP contribution in [0.1, 0.15) is 10.4 Å². The molecule has 3 aromatic carbocycles. The molecule has 28 heavy (non-hydrogen) atoms. The molecule has 1 heterocycles. The Morgan fingerprint density at radius 2 is 1.75 bits per heavy atom. The zero-order chi connectivity index (χ0) is 19.5. The van der Waals surface area contributed by atoms with E-state index in [1.807, 2.05) is 42.5 Å². The summed E-state index contributed by atoms with van der Waals surface area (Å²) >= 11 is 1.13. The highest BCUT2D eigenvalue weighted by molar-refractivity contribution is 7.99. The Labute approximate surface area is 163 Å². The molecule has 1 aromatic heterocycles. The van der Waals surface area contributed by atoms with Crippen LogP contribution in [0.15, 0.2) is 76.4 Å². The van der Waals surface area contributed by atoms with Gasteiger partial charge in [-0.25, -0.2) is 0 Å². The molecule has 0 spiro atoms. The predicted octanol–water partition coefficient (Wildman–Crippen LogP) is 4.77. The number of fused-ring (bicyclic) bond motifs is 1. The van der Waals surface area contributed by atoms with Gasteiger partial charge < -0.3 is 4.42 Å². The van der Waals surface area contributed by atoms with E-state index in [-0.39, 0.29) is 22.4 Å². The lowest BCUT2D eigenvalue weighted by Gasteiger charge is -2.01. The zero-order valence-electron chi connectivity index (χ0n) is 14.4. The van der Waals surface area contributed by atoms with Crippen molar-refractivity contribution in [1.29, 1.82) is 0 Å². The van der Waals surface area contributed by atoms with Gasteiger partial charge in [-0.2, -0.15) is 0 Å². The molecule has 8 heteroatoms. The first kappa shape index (κ1) is 17.9. The highest BCUT2D eigenvalue weighted by Crippen LogP contribution is 2.29. The molecular formula is C20H13N3O4S. The molecule has 0 aliphatic heterocycles. The highest BCUT2D eigenvalue weighted by Gasteiger charge is 2.15. The first-order valence-electron chi connectivity index (χ1n) is 8.34. The average Bonchev–Trinajstić information content (AvgIpc) is 3.20. The number of nitrogens with zero attached hydrogens (tertiary/aromatic N) is 3. The van der Waals surface area contributed by atoms with Gasteiger partial charge in [-0.05, 0) is 29.0 Å². The van der Waals surface area contributed by atoms with Crippen LogP contribution in [0.4, 0.5) is 5.69 Å². The molecule has 0 bridgehead atoms. The molecule has 0 aliphatic rings. The third kappa shape index (κ3) is 3.63. The minimum absolute atomic E-state index is 0.0548. The lowest BCUT2D eigenvalue weighted by molar-refractivity contribution is -0.384. The summed E-state index contributed by atoms with van der Waals surface area (Å²) in [6.07, 6.45) is 0. The summed E-state index contributed by atoms with van der Waals surface area (Å²) in [5.41, 5.74) is 1.17. The van der Waals surface area contributed by atoms with E-state index in [1.54, 1.807) is 0 Å². The van der Waals surface area contributed by atoms with Crippen LogP contribution in [-0.2, 0) is 0 Å². The molecule has 0 saturated carbocycles. The molecule has 4 rings (SSSR count). The number of nitro benzene ring substituents is 1. The van der Waals surface area contributed by atoms with Gasteiger partial charge in [0.15, 0.2) is 5.78 Å². The van der Waals surface area contributed by atoms with Crippen molar-refractivity contribution in [2.24, 2.45) is 0 Å². The number of rotatable bonds is 6. The molecule has 138 valence electrons. The van der Waals surface area contributed by atoms with Gasteiger partial charge >= 0.3 is 0 Å². The molecule has 7 nitrogen and oxygen atoms in total. The Hall–Kier alpha value is -3.52. The van der Waals surface area contributed by atoms with Crippen LogP contribution >= 0.6 is 11.8 Å². The normalized spacial score (nSPS) is 10.9. The first-order valence-corrected chi connectivity index (χ1v) is 9.32. The third-order valence-electron chi connectivity index (χ3n) is 4.15. The Morgan fingerprint density at radius 1 is 1.00 bits per heavy atom. The largest absolute Gasteiger partial charge is 0.411 e. The van der Waals surface area contributed by atoms with Gasteiger partial charge in [-0.3, -0.25) is 14.9 Å². The van der Waals surface area contributed by atoms with E-state index in [9.17, 15) is 14.9 Å². The molecule has 0 atom stereocenters. The molecule has 0 saturated heterocycles. The Balaban J connectivity index is 1.48. The van der Waals surface area contributed by atoms with Crippen molar-refractivity contribution in [2.45, 2.75) is 5.22 Å². The van der Waals surface area contributed by atoms with E-state index in [0.29, 0.717) is 11.5 Å². The number of aromatic nitrogens is 2. The van der Waals surface area contributed by atoms with E-state index in [4.69, 9.17) is 4.42 Å². The van der Waals surface area contributed by atoms with Crippen molar-refractivity contribution < 1.29 is 14.1 Å². The fourth-order valence-electron chi connectivity index (χ4n) is 2.77. The van der Waals surface area contributed by atoms with E-state index in [0.717, 1.165) is 28.1 Å². The number of non-ortho nitro benzene ring substituents is 1. The fourth-order valence-corrected chi connectivity index (χ4v) is 3.43. The SMILES string of the molecule is O=C(CSc1nnc(-c2cccc3ccccc23)o1)c1ccc([N+](=O)[O-])cc1. The van der Waals surface area contributed by atoms with Crippen LogP contribution in [0.25, 0.3) is 22.2 Å². The van der Waals surface area contributed by atoms with Crippen molar-refractivity contribution in [3.8, 4) is 11.5 Å². The van der Waals surface area contributed by atoms with Gasteiger partial charge in [0.25, 0.3) is 10.9 Å². The topological polar surface area (TPSA) is 99.1 Å². The third-order valence-corrected chi connectivity index (χ3v) is 4.97. The standard InChI is InChI=1S/C20H13N3O4S/c24-18(14-8-10-15(11-9-14)23(25)26)12-28-20-22-21-19(27-20)17-7-3-5-13-4-1-2-6-16(13)17/h1-11H,12H2. The predicted molar refractivity (Wildman–Crippen MR) is 105 cm³/mol. The number of hydrogen-bond acceptors (Lipinski definition) is 7. The summed E-state index contributed by atoms with van der Waals surface area (Å²) in [5.74, 6) is 0.307. The van der Waals surface area contributed by atoms with E-state index >= 15 is 0 Å². The van der Waals surface area contributed by atoms with Crippen LogP contribution in [0.5, 0.6) is 0 Å². The number of carbonyl (C=O) groups excluding carboxylic acids is 1. The number of Topliss-reactive ketones (excluding diaryl/α,β-unsaturated/α-hetero) is 1. The molecular weight excluding hydrogens is 378 g/mol. The number of nitro groups is 1. The van der Waals surface area contributed by atoms with Gasteiger partial charge in [-0.1, -0.05) is 48.2 Å². The van der Waals surface area contributed by atoms with Crippen molar-refractivity contribution in [1.82, 2.24) is 10.2 Å². The van der Waals surface area contributed by atoms with Gasteiger partial charge in [0.1, 0.15) is 0 Å². The lowest BCUT2D eigenvalue weighted by Crippen LogP contribution is -2.02. The summed E-state index contributed by atoms with van der Waals surface area (Å²) in [7, 11) is 0. The van der Waals surface area contributed by atoms with Crippen LogP contribution in [0, 0.1) is 10.1 Å². The Kier molecular flexibility index (Phi) is 4.86. The Morgan fingerprint density at radius 3 is 2.54 bits per heavy atom. The molecule has 0 amide bonds. The van der Waals surface area contributed by atoms with E-state index in [1.165, 1.54) is 24.3 Å². The van der Waals surface area contributed by atoms with E-state index in [2.05, 4.69) is 10.2 Å². The summed E-state index contributed by atoms with van der Waals surface area (Å²) in [4.78, 5) is 22.4. The van der Waals surface area contributed by atoms with Gasteiger partial charge in [0, 0.05) is 23.3 Å². The monoisotopic (exact) mass is 391 g/mol. The van der Waals surface area contributed by atoms with Gasteiger partial charge in [0.2, 0.25) is 5.89 Å². The fraction of sp³-hybridized carbons (Fsp3) is 0.0500. The first-order chi connectivity index (χ1) is 13.6. The minimum Gasteiger partial charge on any atom is -0.411 e. The van der Waals surface area contributed by atoms with Crippen molar-refractivity contribution in [3.05, 3.63) is 82.4 Å². The molecule has 0 fully saturated rings. The molecule has 0 aliphatic carbocycles. The number of hydrogen-bond donors (Lipinski definition) is 0. The van der Waals surface area contributed by atoms with Gasteiger partial charge in [0.05, 0.1) is 10.7 Å². The minimum atomic E-state index is -0.504. The van der Waals surface area contributed by atoms with Crippen molar-refractivity contribution in [2.75, 3.05) is 5.75 Å². The lowest BCUT2D eigenvalue weighted by atomic mass is 10.0. The molecule has 0 unspecified atom stereocenters. The second-order valence-electron chi connectivity index (χ2n) is 5.92. The Bertz CT molecular complexity index is 1170. The number of thioether (sulfide) groups is 1. The van der Waals surface area contributed by atoms with E-state index < -0.39 is 4.92 Å². The van der Waals surface area contributed by atoms with Crippen LogP contribution < -0.4 is 0 Å². The van der Waals surface area contributed by atoms with Crippen molar-refractivity contribution >= 4 is 34.0 Å². The summed E-state index contributed by atoms with van der Waals surface area (Å²) in [6.45, 7) is 0. The molecule has 0 radical (unpaired) electrons. The zero-order valence-corrected chi connectivity index (χ0v) is 15.3. The van der Waals surface area contributed by atoms with Gasteiger partial charge in [-0.15, -0.1) is 10.2 Å². The average molecular weight is 391 g/mol. The van der Waals surface area contributed by atoms with Crippen LogP contribution in [-0.4, -0.2) is 26.7 Å². The number of benzene rings is 3. The maximum Gasteiger partial charge on any atom is 0.277 e.